The van der Waals surface area contributed by atoms with Crippen LogP contribution in [0.25, 0.3) is 11.4 Å². The van der Waals surface area contributed by atoms with E-state index in [0.29, 0.717) is 0 Å². The maximum absolute atomic E-state index is 11.3. The number of hydrogen-bond acceptors (Lipinski definition) is 3. The molecule has 0 bridgehead atoms. The van der Waals surface area contributed by atoms with E-state index >= 15 is 0 Å². The third-order valence-electron chi connectivity index (χ3n) is 3.14. The Kier molecular flexibility index (Phi) is 3.21. The second-order valence-corrected chi connectivity index (χ2v) is 4.72. The Bertz CT molecular complexity index is 623. The summed E-state index contributed by atoms with van der Waals surface area (Å²) in [5.41, 5.74) is 1.67. The summed E-state index contributed by atoms with van der Waals surface area (Å²) in [5, 5.41) is 11.1. The first kappa shape index (κ1) is 12.2. The van der Waals surface area contributed by atoms with Crippen molar-refractivity contribution in [1.29, 1.82) is 0 Å². The minimum atomic E-state index is -0.217. The summed E-state index contributed by atoms with van der Waals surface area (Å²) in [4.78, 5) is 11.3. The molecular weight excluding hydrogens is 264 g/mol. The predicted octanol–water partition coefficient (Wildman–Crippen LogP) is 2.07. The van der Waals surface area contributed by atoms with Gasteiger partial charge in [0.15, 0.2) is 5.82 Å². The second kappa shape index (κ2) is 5.01. The number of fused-ring (bicyclic) bond motifs is 1. The fraction of sp³-hybridized carbons (Fsp3) is 0.308. The van der Waals surface area contributed by atoms with Gasteiger partial charge in [0.25, 0.3) is 0 Å². The first-order chi connectivity index (χ1) is 9.28. The molecule has 2 aromatic rings. The molecule has 0 unspecified atom stereocenters. The van der Waals surface area contributed by atoms with Crippen molar-refractivity contribution in [2.24, 2.45) is 0 Å². The van der Waals surface area contributed by atoms with Crippen molar-refractivity contribution in [3.8, 4) is 11.4 Å². The monoisotopic (exact) mass is 276 g/mol. The topological polar surface area (TPSA) is 59.8 Å². The van der Waals surface area contributed by atoms with Crippen LogP contribution in [0, 0.1) is 0 Å². The number of nitrogens with one attached hydrogen (secondary N) is 1. The lowest BCUT2D eigenvalue weighted by molar-refractivity contribution is -0.113. The van der Waals surface area contributed by atoms with E-state index in [-0.39, 0.29) is 11.8 Å². The standard InChI is InChI=1S/C13H13ClN4O/c14-8-12(19)15-10-4-1-3-9(7-10)13-17-16-11-5-2-6-18(11)13/h1,3-4,7H,2,5-6,8H2,(H,15,19). The number of hydrogen-bond donors (Lipinski definition) is 1. The van der Waals surface area contributed by atoms with E-state index in [1.807, 2.05) is 24.3 Å². The first-order valence-corrected chi connectivity index (χ1v) is 6.70. The molecule has 0 aliphatic carbocycles. The molecule has 2 heterocycles. The summed E-state index contributed by atoms with van der Waals surface area (Å²) < 4.78 is 2.13. The molecule has 1 amide bonds. The molecule has 0 atom stereocenters. The Hall–Kier alpha value is -1.88. The summed E-state index contributed by atoms with van der Waals surface area (Å²) in [6, 6.07) is 7.57. The minimum absolute atomic E-state index is 0.0510. The van der Waals surface area contributed by atoms with E-state index in [1.54, 1.807) is 0 Å². The summed E-state index contributed by atoms with van der Waals surface area (Å²) in [6.45, 7) is 0.954. The molecule has 0 spiro atoms. The molecule has 3 rings (SSSR count). The van der Waals surface area contributed by atoms with Crippen LogP contribution in [0.2, 0.25) is 0 Å². The van der Waals surface area contributed by atoms with Crippen molar-refractivity contribution < 1.29 is 4.79 Å². The molecule has 5 nitrogen and oxygen atoms in total. The third-order valence-corrected chi connectivity index (χ3v) is 3.38. The molecule has 19 heavy (non-hydrogen) atoms. The molecule has 1 aromatic heterocycles. The van der Waals surface area contributed by atoms with Gasteiger partial charge in [-0.05, 0) is 18.6 Å². The summed E-state index contributed by atoms with van der Waals surface area (Å²) in [7, 11) is 0. The van der Waals surface area contributed by atoms with Gasteiger partial charge in [0.2, 0.25) is 5.91 Å². The number of nitrogens with zero attached hydrogens (tertiary/aromatic N) is 3. The molecule has 0 saturated carbocycles. The Morgan fingerprint density at radius 2 is 2.32 bits per heavy atom. The number of carbonyl (C=O) groups is 1. The van der Waals surface area contributed by atoms with Crippen LogP contribution in [0.1, 0.15) is 12.2 Å². The van der Waals surface area contributed by atoms with Crippen LogP contribution >= 0.6 is 11.6 Å². The number of rotatable bonds is 3. The van der Waals surface area contributed by atoms with E-state index < -0.39 is 0 Å². The Morgan fingerprint density at radius 3 is 3.16 bits per heavy atom. The van der Waals surface area contributed by atoms with Crippen LogP contribution in [0.5, 0.6) is 0 Å². The van der Waals surface area contributed by atoms with Crippen LogP contribution < -0.4 is 5.32 Å². The lowest BCUT2D eigenvalue weighted by Crippen LogP contribution is -2.12. The maximum Gasteiger partial charge on any atom is 0.239 e. The molecule has 1 aliphatic heterocycles. The molecule has 0 saturated heterocycles. The highest BCUT2D eigenvalue weighted by Gasteiger charge is 2.18. The van der Waals surface area contributed by atoms with Gasteiger partial charge in [-0.25, -0.2) is 0 Å². The van der Waals surface area contributed by atoms with Crippen molar-refractivity contribution in [2.45, 2.75) is 19.4 Å². The van der Waals surface area contributed by atoms with E-state index in [4.69, 9.17) is 11.6 Å². The van der Waals surface area contributed by atoms with Gasteiger partial charge in [-0.1, -0.05) is 12.1 Å². The van der Waals surface area contributed by atoms with E-state index in [0.717, 1.165) is 42.3 Å². The smallest absolute Gasteiger partial charge is 0.239 e. The molecule has 98 valence electrons. The zero-order valence-electron chi connectivity index (χ0n) is 10.3. The molecule has 1 aromatic carbocycles. The molecular formula is C13H13ClN4O. The Morgan fingerprint density at radius 1 is 1.42 bits per heavy atom. The van der Waals surface area contributed by atoms with Gasteiger partial charge in [0.1, 0.15) is 11.7 Å². The highest BCUT2D eigenvalue weighted by molar-refractivity contribution is 6.29. The van der Waals surface area contributed by atoms with Crippen LogP contribution in [0.15, 0.2) is 24.3 Å². The van der Waals surface area contributed by atoms with Crippen LogP contribution in [0.3, 0.4) is 0 Å². The first-order valence-electron chi connectivity index (χ1n) is 6.16. The third kappa shape index (κ3) is 2.33. The van der Waals surface area contributed by atoms with Crippen molar-refractivity contribution in [2.75, 3.05) is 11.2 Å². The quantitative estimate of drug-likeness (QED) is 0.873. The number of aromatic nitrogens is 3. The average molecular weight is 277 g/mol. The van der Waals surface area contributed by atoms with Crippen molar-refractivity contribution in [1.82, 2.24) is 14.8 Å². The summed E-state index contributed by atoms with van der Waals surface area (Å²) in [6.07, 6.45) is 2.09. The van der Waals surface area contributed by atoms with Gasteiger partial charge in [0.05, 0.1) is 0 Å². The molecule has 0 radical (unpaired) electrons. The van der Waals surface area contributed by atoms with Gasteiger partial charge >= 0.3 is 0 Å². The summed E-state index contributed by atoms with van der Waals surface area (Å²) >= 11 is 5.48. The highest BCUT2D eigenvalue weighted by Crippen LogP contribution is 2.25. The fourth-order valence-corrected chi connectivity index (χ4v) is 2.36. The fourth-order valence-electron chi connectivity index (χ4n) is 2.29. The number of alkyl halides is 1. The Balaban J connectivity index is 1.92. The van der Waals surface area contributed by atoms with Gasteiger partial charge in [-0.2, -0.15) is 0 Å². The second-order valence-electron chi connectivity index (χ2n) is 4.46. The normalized spacial score (nSPS) is 13.3. The van der Waals surface area contributed by atoms with Gasteiger partial charge < -0.3 is 9.88 Å². The Labute approximate surface area is 115 Å². The number of carbonyl (C=O) groups excluding carboxylic acids is 1. The minimum Gasteiger partial charge on any atom is -0.325 e. The average Bonchev–Trinajstić information content (AvgIpc) is 3.01. The molecule has 6 heteroatoms. The zero-order valence-corrected chi connectivity index (χ0v) is 11.0. The van der Waals surface area contributed by atoms with E-state index in [2.05, 4.69) is 20.1 Å². The lowest BCUT2D eigenvalue weighted by Gasteiger charge is -2.06. The maximum atomic E-state index is 11.3. The van der Waals surface area contributed by atoms with Crippen LogP contribution in [0.4, 0.5) is 5.69 Å². The van der Waals surface area contributed by atoms with Gasteiger partial charge in [-0.15, -0.1) is 21.8 Å². The number of anilines is 1. The van der Waals surface area contributed by atoms with E-state index in [1.165, 1.54) is 0 Å². The zero-order chi connectivity index (χ0) is 13.2. The SMILES string of the molecule is O=C(CCl)Nc1cccc(-c2nnc3n2CCC3)c1. The number of halogens is 1. The number of amides is 1. The van der Waals surface area contributed by atoms with Crippen molar-refractivity contribution in [3.63, 3.8) is 0 Å². The van der Waals surface area contributed by atoms with Gasteiger partial charge in [0, 0.05) is 24.2 Å². The van der Waals surface area contributed by atoms with Crippen LogP contribution in [-0.2, 0) is 17.8 Å². The van der Waals surface area contributed by atoms with Crippen molar-refractivity contribution in [3.05, 3.63) is 30.1 Å². The summed E-state index contributed by atoms with van der Waals surface area (Å²) in [5.74, 6) is 1.62. The number of aryl methyl sites for hydroxylation is 1. The van der Waals surface area contributed by atoms with Crippen molar-refractivity contribution >= 4 is 23.2 Å². The number of benzene rings is 1. The predicted molar refractivity (Wildman–Crippen MR) is 73.1 cm³/mol. The van der Waals surface area contributed by atoms with E-state index in [9.17, 15) is 4.79 Å². The van der Waals surface area contributed by atoms with Gasteiger partial charge in [-0.3, -0.25) is 4.79 Å². The lowest BCUT2D eigenvalue weighted by atomic mass is 10.2. The molecule has 1 N–H and O–H groups in total. The highest BCUT2D eigenvalue weighted by atomic mass is 35.5. The molecule has 1 aliphatic rings. The largest absolute Gasteiger partial charge is 0.325 e. The van der Waals surface area contributed by atoms with Crippen LogP contribution in [-0.4, -0.2) is 26.6 Å². The molecule has 0 fully saturated rings.